The molecule has 17 heavy (non-hydrogen) atoms. The van der Waals surface area contributed by atoms with E-state index >= 15 is 0 Å². The summed E-state index contributed by atoms with van der Waals surface area (Å²) in [6, 6.07) is 0. The van der Waals surface area contributed by atoms with Crippen LogP contribution in [0.1, 0.15) is 45.3 Å². The molecule has 96 valence electrons. The first kappa shape index (κ1) is 12.5. The van der Waals surface area contributed by atoms with Crippen LogP contribution in [0, 0.1) is 0 Å². The largest absolute Gasteiger partial charge is 0.371 e. The van der Waals surface area contributed by atoms with Crippen LogP contribution >= 0.6 is 0 Å². The van der Waals surface area contributed by atoms with E-state index in [1.165, 1.54) is 0 Å². The van der Waals surface area contributed by atoms with E-state index in [1.54, 1.807) is 7.11 Å². The summed E-state index contributed by atoms with van der Waals surface area (Å²) >= 11 is 0. The first-order valence-corrected chi connectivity index (χ1v) is 6.14. The van der Waals surface area contributed by atoms with Gasteiger partial charge < -0.3 is 14.6 Å². The standard InChI is InChI=1S/C12H21N3O2/c1-5-12(6-7-13-8-12)10-14-9(15-17-10)11(2,3)16-4/h13H,5-8H2,1-4H3. The third-order valence-corrected chi connectivity index (χ3v) is 3.85. The first-order chi connectivity index (χ1) is 8.04. The maximum absolute atomic E-state index is 5.45. The van der Waals surface area contributed by atoms with E-state index < -0.39 is 5.60 Å². The third-order valence-electron chi connectivity index (χ3n) is 3.85. The molecule has 0 aliphatic carbocycles. The van der Waals surface area contributed by atoms with Crippen molar-refractivity contribution in [2.24, 2.45) is 0 Å². The molecule has 1 saturated heterocycles. The summed E-state index contributed by atoms with van der Waals surface area (Å²) in [5, 5.41) is 7.42. The molecule has 2 rings (SSSR count). The highest BCUT2D eigenvalue weighted by Gasteiger charge is 2.40. The van der Waals surface area contributed by atoms with Crippen molar-refractivity contribution in [1.29, 1.82) is 0 Å². The van der Waals surface area contributed by atoms with Crippen LogP contribution in [0.15, 0.2) is 4.52 Å². The van der Waals surface area contributed by atoms with Crippen molar-refractivity contribution >= 4 is 0 Å². The van der Waals surface area contributed by atoms with Crippen LogP contribution in [-0.2, 0) is 15.8 Å². The number of ether oxygens (including phenoxy) is 1. The number of hydrogen-bond acceptors (Lipinski definition) is 5. The molecule has 1 N–H and O–H groups in total. The normalized spacial score (nSPS) is 25.4. The van der Waals surface area contributed by atoms with E-state index in [9.17, 15) is 0 Å². The molecule has 1 aliphatic rings. The lowest BCUT2D eigenvalue weighted by atomic mass is 9.84. The maximum Gasteiger partial charge on any atom is 0.234 e. The van der Waals surface area contributed by atoms with Crippen molar-refractivity contribution in [2.45, 2.75) is 44.6 Å². The van der Waals surface area contributed by atoms with Crippen molar-refractivity contribution < 1.29 is 9.26 Å². The molecule has 5 nitrogen and oxygen atoms in total. The van der Waals surface area contributed by atoms with E-state index in [4.69, 9.17) is 9.26 Å². The van der Waals surface area contributed by atoms with Gasteiger partial charge in [-0.3, -0.25) is 0 Å². The molecular weight excluding hydrogens is 218 g/mol. The molecule has 1 aromatic heterocycles. The van der Waals surface area contributed by atoms with Gasteiger partial charge in [-0.1, -0.05) is 12.1 Å². The van der Waals surface area contributed by atoms with Gasteiger partial charge in [0.1, 0.15) is 5.60 Å². The molecule has 0 aromatic carbocycles. The minimum Gasteiger partial charge on any atom is -0.371 e. The van der Waals surface area contributed by atoms with Crippen LogP contribution in [0.3, 0.4) is 0 Å². The van der Waals surface area contributed by atoms with E-state index in [1.807, 2.05) is 13.8 Å². The van der Waals surface area contributed by atoms with E-state index in [-0.39, 0.29) is 5.41 Å². The highest BCUT2D eigenvalue weighted by Crippen LogP contribution is 2.34. The molecule has 5 heteroatoms. The Morgan fingerprint density at radius 2 is 2.29 bits per heavy atom. The van der Waals surface area contributed by atoms with Crippen LogP contribution < -0.4 is 5.32 Å². The molecule has 1 unspecified atom stereocenters. The topological polar surface area (TPSA) is 60.2 Å². The van der Waals surface area contributed by atoms with Gasteiger partial charge in [0, 0.05) is 13.7 Å². The number of nitrogens with one attached hydrogen (secondary N) is 1. The van der Waals surface area contributed by atoms with Gasteiger partial charge in [-0.15, -0.1) is 0 Å². The maximum atomic E-state index is 5.45. The first-order valence-electron chi connectivity index (χ1n) is 6.14. The molecule has 1 aromatic rings. The molecule has 0 radical (unpaired) electrons. The third kappa shape index (κ3) is 2.09. The van der Waals surface area contributed by atoms with Crippen LogP contribution in [0.2, 0.25) is 0 Å². The van der Waals surface area contributed by atoms with Gasteiger partial charge in [0.25, 0.3) is 0 Å². The second kappa shape index (κ2) is 4.38. The van der Waals surface area contributed by atoms with Gasteiger partial charge in [-0.2, -0.15) is 4.98 Å². The number of aromatic nitrogens is 2. The summed E-state index contributed by atoms with van der Waals surface area (Å²) in [5.74, 6) is 1.36. The average Bonchev–Trinajstić information content (AvgIpc) is 2.98. The number of methoxy groups -OCH3 is 1. The Morgan fingerprint density at radius 3 is 2.82 bits per heavy atom. The second-order valence-electron chi connectivity index (χ2n) is 5.20. The molecule has 2 heterocycles. The van der Waals surface area contributed by atoms with Gasteiger partial charge in [-0.25, -0.2) is 0 Å². The molecule has 1 fully saturated rings. The van der Waals surface area contributed by atoms with Gasteiger partial charge in [0.2, 0.25) is 11.7 Å². The zero-order chi connectivity index (χ0) is 12.5. The van der Waals surface area contributed by atoms with Crippen LogP contribution in [0.25, 0.3) is 0 Å². The Hall–Kier alpha value is -0.940. The zero-order valence-electron chi connectivity index (χ0n) is 11.0. The highest BCUT2D eigenvalue weighted by molar-refractivity contribution is 5.11. The molecule has 1 atom stereocenters. The van der Waals surface area contributed by atoms with Crippen LogP contribution in [-0.4, -0.2) is 30.3 Å². The smallest absolute Gasteiger partial charge is 0.234 e. The van der Waals surface area contributed by atoms with Gasteiger partial charge in [0.05, 0.1) is 5.41 Å². The van der Waals surface area contributed by atoms with E-state index in [2.05, 4.69) is 22.4 Å². The lowest BCUT2D eigenvalue weighted by molar-refractivity contribution is 0.00973. The Kier molecular flexibility index (Phi) is 3.23. The lowest BCUT2D eigenvalue weighted by Crippen LogP contribution is -2.29. The average molecular weight is 239 g/mol. The highest BCUT2D eigenvalue weighted by atomic mass is 16.5. The zero-order valence-corrected chi connectivity index (χ0v) is 11.0. The Morgan fingerprint density at radius 1 is 1.53 bits per heavy atom. The van der Waals surface area contributed by atoms with Gasteiger partial charge in [-0.05, 0) is 33.2 Å². The monoisotopic (exact) mass is 239 g/mol. The van der Waals surface area contributed by atoms with E-state index in [0.29, 0.717) is 5.82 Å². The van der Waals surface area contributed by atoms with Crippen molar-refractivity contribution in [2.75, 3.05) is 20.2 Å². The number of nitrogens with zero attached hydrogens (tertiary/aromatic N) is 2. The molecule has 0 spiro atoms. The van der Waals surface area contributed by atoms with Crippen molar-refractivity contribution in [1.82, 2.24) is 15.5 Å². The Labute approximate surface area is 102 Å². The Bertz CT molecular complexity index is 381. The fourth-order valence-electron chi connectivity index (χ4n) is 2.15. The van der Waals surface area contributed by atoms with E-state index in [0.717, 1.165) is 31.8 Å². The van der Waals surface area contributed by atoms with Gasteiger partial charge >= 0.3 is 0 Å². The summed E-state index contributed by atoms with van der Waals surface area (Å²) < 4.78 is 10.8. The summed E-state index contributed by atoms with van der Waals surface area (Å²) in [6.45, 7) is 7.97. The van der Waals surface area contributed by atoms with Crippen LogP contribution in [0.5, 0.6) is 0 Å². The molecular formula is C12H21N3O2. The number of rotatable bonds is 4. The summed E-state index contributed by atoms with van der Waals surface area (Å²) in [4.78, 5) is 4.54. The molecule has 1 aliphatic heterocycles. The SMILES string of the molecule is CCC1(c2nc(C(C)(C)OC)no2)CCNC1. The van der Waals surface area contributed by atoms with Gasteiger partial charge in [0.15, 0.2) is 0 Å². The fourth-order valence-corrected chi connectivity index (χ4v) is 2.15. The lowest BCUT2D eigenvalue weighted by Gasteiger charge is -2.21. The minimum absolute atomic E-state index is 0.00900. The summed E-state index contributed by atoms with van der Waals surface area (Å²) in [7, 11) is 1.66. The second-order valence-corrected chi connectivity index (χ2v) is 5.20. The Balaban J connectivity index is 2.29. The number of hydrogen-bond donors (Lipinski definition) is 1. The van der Waals surface area contributed by atoms with Crippen molar-refractivity contribution in [3.05, 3.63) is 11.7 Å². The predicted octanol–water partition coefficient (Wildman–Crippen LogP) is 1.59. The molecule has 0 saturated carbocycles. The van der Waals surface area contributed by atoms with Crippen molar-refractivity contribution in [3.63, 3.8) is 0 Å². The predicted molar refractivity (Wildman–Crippen MR) is 63.8 cm³/mol. The minimum atomic E-state index is -0.497. The molecule has 0 bridgehead atoms. The molecule has 0 amide bonds. The van der Waals surface area contributed by atoms with Crippen molar-refractivity contribution in [3.8, 4) is 0 Å². The summed E-state index contributed by atoms with van der Waals surface area (Å²) in [5.41, 5.74) is -0.488. The summed E-state index contributed by atoms with van der Waals surface area (Å²) in [6.07, 6.45) is 2.06. The van der Waals surface area contributed by atoms with Crippen LogP contribution in [0.4, 0.5) is 0 Å². The quantitative estimate of drug-likeness (QED) is 0.864. The fraction of sp³-hybridized carbons (Fsp3) is 0.833.